The van der Waals surface area contributed by atoms with E-state index in [4.69, 9.17) is 15.0 Å². The molecule has 1 saturated heterocycles. The number of aliphatic hydroxyl groups is 1. The third-order valence-corrected chi connectivity index (χ3v) is 10.9. The Morgan fingerprint density at radius 3 is 2.65 bits per heavy atom. The first-order chi connectivity index (χ1) is 27.5. The molecule has 15 heteroatoms. The lowest BCUT2D eigenvalue weighted by Crippen LogP contribution is -2.48. The van der Waals surface area contributed by atoms with E-state index in [1.807, 2.05) is 63.5 Å². The Balaban J connectivity index is 0.932. The number of aromatic hydroxyl groups is 1. The van der Waals surface area contributed by atoms with E-state index >= 15 is 0 Å². The number of benzene rings is 2. The lowest BCUT2D eigenvalue weighted by Gasteiger charge is -2.29. The topological polar surface area (TPSA) is 194 Å². The van der Waals surface area contributed by atoms with Crippen molar-refractivity contribution in [3.63, 3.8) is 0 Å². The number of thiazole rings is 1. The highest BCUT2D eigenvalue weighted by atomic mass is 32.1. The number of para-hydroxylation sites is 1. The van der Waals surface area contributed by atoms with Crippen LogP contribution in [0.5, 0.6) is 11.6 Å². The maximum absolute atomic E-state index is 14.1. The van der Waals surface area contributed by atoms with E-state index < -0.39 is 18.1 Å². The monoisotopic (exact) mass is 788 g/mol. The summed E-state index contributed by atoms with van der Waals surface area (Å²) in [7, 11) is 0. The second-order valence-electron chi connectivity index (χ2n) is 14.4. The van der Waals surface area contributed by atoms with Crippen LogP contribution in [0.4, 0.5) is 5.82 Å². The summed E-state index contributed by atoms with van der Waals surface area (Å²) in [5, 5.41) is 27.9. The van der Waals surface area contributed by atoms with Gasteiger partial charge in [-0.05, 0) is 54.6 Å². The van der Waals surface area contributed by atoms with Gasteiger partial charge in [0.25, 0.3) is 5.88 Å². The van der Waals surface area contributed by atoms with Crippen LogP contribution in [-0.4, -0.2) is 76.7 Å². The van der Waals surface area contributed by atoms with Gasteiger partial charge >= 0.3 is 0 Å². The van der Waals surface area contributed by atoms with Crippen LogP contribution in [-0.2, 0) is 9.59 Å². The van der Waals surface area contributed by atoms with Gasteiger partial charge in [0.05, 0.1) is 46.1 Å². The second-order valence-corrected chi connectivity index (χ2v) is 15.3. The number of phenols is 1. The number of aromatic nitrogens is 5. The lowest BCUT2D eigenvalue weighted by atomic mass is 9.91. The molecule has 5 heterocycles. The number of carbonyl (C=O) groups is 2. The molecular formula is C42H44N8O6S. The minimum atomic E-state index is -0.843. The highest BCUT2D eigenvalue weighted by molar-refractivity contribution is 7.13. The molecule has 2 aromatic carbocycles. The number of carbonyl (C=O) groups excluding carboxylic acids is 2. The number of ether oxygens (including phenoxy) is 1. The van der Waals surface area contributed by atoms with E-state index in [1.165, 1.54) is 4.90 Å². The number of imidazole rings is 1. The zero-order valence-corrected chi connectivity index (χ0v) is 32.9. The van der Waals surface area contributed by atoms with Crippen molar-refractivity contribution >= 4 is 34.7 Å². The van der Waals surface area contributed by atoms with Crippen LogP contribution in [0.1, 0.15) is 74.6 Å². The van der Waals surface area contributed by atoms with Crippen LogP contribution in [0.15, 0.2) is 77.0 Å². The van der Waals surface area contributed by atoms with Crippen LogP contribution in [0.2, 0.25) is 0 Å². The number of nitrogen functional groups attached to an aromatic ring is 1. The van der Waals surface area contributed by atoms with Crippen LogP contribution in [0, 0.1) is 24.7 Å². The maximum atomic E-state index is 14.1. The molecule has 1 fully saturated rings. The Morgan fingerprint density at radius 1 is 1.12 bits per heavy atom. The summed E-state index contributed by atoms with van der Waals surface area (Å²) in [6.07, 6.45) is 3.89. The van der Waals surface area contributed by atoms with Gasteiger partial charge in [-0.15, -0.1) is 11.3 Å². The van der Waals surface area contributed by atoms with E-state index in [1.54, 1.807) is 52.4 Å². The van der Waals surface area contributed by atoms with Gasteiger partial charge in [-0.1, -0.05) is 62.1 Å². The molecule has 4 aromatic heterocycles. The lowest BCUT2D eigenvalue weighted by molar-refractivity contribution is -0.141. The molecule has 294 valence electrons. The van der Waals surface area contributed by atoms with E-state index in [0.29, 0.717) is 47.8 Å². The fourth-order valence-electron chi connectivity index (χ4n) is 6.95. The number of nitrogens with two attached hydrogens (primary N) is 1. The van der Waals surface area contributed by atoms with Crippen molar-refractivity contribution in [3.8, 4) is 45.2 Å². The van der Waals surface area contributed by atoms with Crippen molar-refractivity contribution in [2.75, 3.05) is 18.9 Å². The van der Waals surface area contributed by atoms with Crippen molar-refractivity contribution in [2.24, 2.45) is 5.92 Å². The summed E-state index contributed by atoms with van der Waals surface area (Å²) >= 11 is 1.58. The highest BCUT2D eigenvalue weighted by Crippen LogP contribution is 2.33. The number of aliphatic hydroxyl groups excluding tert-OH is 1. The van der Waals surface area contributed by atoms with Gasteiger partial charge < -0.3 is 35.4 Å². The zero-order chi connectivity index (χ0) is 40.2. The number of rotatable bonds is 12. The van der Waals surface area contributed by atoms with Gasteiger partial charge in [-0.3, -0.25) is 14.0 Å². The molecule has 0 spiro atoms. The number of anilines is 1. The first-order valence-corrected chi connectivity index (χ1v) is 19.7. The van der Waals surface area contributed by atoms with E-state index in [-0.39, 0.29) is 54.2 Å². The van der Waals surface area contributed by atoms with Gasteiger partial charge in [-0.2, -0.15) is 4.98 Å². The number of fused-ring (bicyclic) bond motifs is 1. The molecule has 0 saturated carbocycles. The Morgan fingerprint density at radius 2 is 1.91 bits per heavy atom. The van der Waals surface area contributed by atoms with Gasteiger partial charge in [0.1, 0.15) is 23.5 Å². The molecular weight excluding hydrogens is 745 g/mol. The van der Waals surface area contributed by atoms with Crippen LogP contribution >= 0.6 is 11.3 Å². The third kappa shape index (κ3) is 8.62. The maximum Gasteiger partial charge on any atom is 0.254 e. The molecule has 57 heavy (non-hydrogen) atoms. The average Bonchev–Trinajstić information content (AvgIpc) is 4.00. The number of amides is 2. The van der Waals surface area contributed by atoms with Crippen molar-refractivity contribution in [1.29, 1.82) is 0 Å². The fourth-order valence-corrected chi connectivity index (χ4v) is 7.76. The number of hydrogen-bond donors (Lipinski definition) is 4. The first-order valence-electron chi connectivity index (χ1n) is 18.8. The highest BCUT2D eigenvalue weighted by Gasteiger charge is 2.43. The predicted molar refractivity (Wildman–Crippen MR) is 215 cm³/mol. The molecule has 14 nitrogen and oxygen atoms in total. The third-order valence-electron chi connectivity index (χ3n) is 9.96. The van der Waals surface area contributed by atoms with E-state index in [0.717, 1.165) is 21.7 Å². The summed E-state index contributed by atoms with van der Waals surface area (Å²) < 4.78 is 13.2. The van der Waals surface area contributed by atoms with E-state index in [9.17, 15) is 19.8 Å². The molecule has 0 aliphatic carbocycles. The molecule has 0 radical (unpaired) electrons. The second kappa shape index (κ2) is 16.9. The first kappa shape index (κ1) is 39.0. The van der Waals surface area contributed by atoms with Gasteiger partial charge in [0.2, 0.25) is 17.6 Å². The van der Waals surface area contributed by atoms with Gasteiger partial charge in [0, 0.05) is 43.4 Å². The normalized spacial score (nSPS) is 16.4. The number of unbranched alkanes of at least 4 members (excludes halogenated alkanes) is 1. The van der Waals surface area contributed by atoms with Gasteiger partial charge in [0.15, 0.2) is 5.76 Å². The predicted octanol–water partition coefficient (Wildman–Crippen LogP) is 5.89. The largest absolute Gasteiger partial charge is 0.507 e. The summed E-state index contributed by atoms with van der Waals surface area (Å²) in [5.74, 6) is 5.87. The summed E-state index contributed by atoms with van der Waals surface area (Å²) in [6, 6.07) is 15.4. The Kier molecular flexibility index (Phi) is 11.5. The number of hydrogen-bond acceptors (Lipinski definition) is 12. The number of nitrogens with one attached hydrogen (secondary N) is 1. The van der Waals surface area contributed by atoms with Crippen molar-refractivity contribution in [3.05, 3.63) is 95.1 Å². The van der Waals surface area contributed by atoms with Crippen molar-refractivity contribution in [2.45, 2.75) is 71.1 Å². The van der Waals surface area contributed by atoms with Crippen LogP contribution in [0.3, 0.4) is 0 Å². The van der Waals surface area contributed by atoms with Crippen molar-refractivity contribution < 1.29 is 29.1 Å². The fraction of sp³-hybridized carbons (Fsp3) is 0.333. The molecule has 4 atom stereocenters. The van der Waals surface area contributed by atoms with Crippen LogP contribution in [0.25, 0.3) is 27.5 Å². The standard InChI is InChI=1S/C42H44N8O6S/c1-24(2)37(41(54)50-21-30(51)18-33(50)40(53)45-25(3)27-13-15-28(16-14-27)38-26(4)44-23-57-38)35-19-36(48-56-35)55-17-9-5-6-10-29-20-49-22-32(46-42(49)47-39(29)43)31-11-7-8-12-34(31)52/h7-8,11-16,19-20,22-25,30,33,37,51-52H,5,9,17-18,21H2,1-4H3,(H,45,53)(H2,43,46,47)/t25-,30+,33-,37?/m0/s1. The number of likely N-dealkylation sites (tertiary alicyclic amines) is 1. The Labute approximate surface area is 333 Å². The minimum Gasteiger partial charge on any atom is -0.507 e. The van der Waals surface area contributed by atoms with E-state index in [2.05, 4.69) is 37.3 Å². The molecule has 1 aliphatic heterocycles. The summed E-state index contributed by atoms with van der Waals surface area (Å²) in [6.45, 7) is 7.99. The molecule has 1 unspecified atom stereocenters. The minimum absolute atomic E-state index is 0.0348. The number of phenolic OH excluding ortho intramolecular Hbond substituents is 1. The van der Waals surface area contributed by atoms with Gasteiger partial charge in [-0.25, -0.2) is 9.97 Å². The Bertz CT molecular complexity index is 2450. The van der Waals surface area contributed by atoms with Crippen molar-refractivity contribution in [1.82, 2.24) is 34.7 Å². The molecule has 5 N–H and O–H groups in total. The number of aryl methyl sites for hydroxylation is 1. The molecule has 0 bridgehead atoms. The molecule has 2 amide bonds. The summed E-state index contributed by atoms with van der Waals surface area (Å²) in [5.41, 5.74) is 12.6. The number of nitrogens with zero attached hydrogens (tertiary/aromatic N) is 6. The van der Waals surface area contributed by atoms with Crippen LogP contribution < -0.4 is 15.8 Å². The smallest absolute Gasteiger partial charge is 0.254 e. The summed E-state index contributed by atoms with van der Waals surface area (Å²) in [4.78, 5) is 43.4. The molecule has 1 aliphatic rings. The average molecular weight is 789 g/mol. The Hall–Kier alpha value is -6.24. The SMILES string of the molecule is Cc1ncsc1-c1ccc([C@H](C)NC(=O)[C@@H]2C[C@@H](O)CN2C(=O)C(c2cc(OCCCC#Cc3cn4cc(-c5ccccc5O)nc4nc3N)no2)C(C)C)cc1. The molecule has 6 aromatic rings. The zero-order valence-electron chi connectivity index (χ0n) is 32.0. The number of β-amino-alcohol motifs (C(OH)–C–C–N with tert-alkyl or cyclic N) is 1. The molecule has 7 rings (SSSR count). The quantitative estimate of drug-likeness (QED) is 0.0853.